The summed E-state index contributed by atoms with van der Waals surface area (Å²) in [5.41, 5.74) is 6.48. The molecule has 1 aliphatic carbocycles. The van der Waals surface area contributed by atoms with Crippen LogP contribution in [0.15, 0.2) is 0 Å². The summed E-state index contributed by atoms with van der Waals surface area (Å²) < 4.78 is 0. The Morgan fingerprint density at radius 2 is 1.81 bits per heavy atom. The zero-order valence-corrected chi connectivity index (χ0v) is 11.8. The van der Waals surface area contributed by atoms with Crippen LogP contribution in [0, 0.1) is 23.2 Å². The second-order valence-electron chi connectivity index (χ2n) is 6.18. The molecule has 1 saturated carbocycles. The fourth-order valence-electron chi connectivity index (χ4n) is 3.80. The van der Waals surface area contributed by atoms with Crippen LogP contribution in [-0.4, -0.2) is 6.54 Å². The summed E-state index contributed by atoms with van der Waals surface area (Å²) in [6.45, 7) is 10.3. The summed E-state index contributed by atoms with van der Waals surface area (Å²) in [6.07, 6.45) is 8.46. The average Bonchev–Trinajstić information content (AvgIpc) is 3.00. The quantitative estimate of drug-likeness (QED) is 0.658. The maximum absolute atomic E-state index is 5.75. The highest BCUT2D eigenvalue weighted by Gasteiger charge is 2.48. The first-order chi connectivity index (χ1) is 7.59. The van der Waals surface area contributed by atoms with Crippen molar-refractivity contribution in [1.82, 2.24) is 0 Å². The molecule has 0 aromatic carbocycles. The first-order valence-corrected chi connectivity index (χ1v) is 7.29. The average molecular weight is 225 g/mol. The Hall–Kier alpha value is -0.0400. The zero-order chi connectivity index (χ0) is 12.2. The zero-order valence-electron chi connectivity index (χ0n) is 11.8. The van der Waals surface area contributed by atoms with Gasteiger partial charge in [-0.25, -0.2) is 0 Å². The third-order valence-electron chi connectivity index (χ3n) is 4.73. The van der Waals surface area contributed by atoms with E-state index in [2.05, 4.69) is 27.7 Å². The van der Waals surface area contributed by atoms with Gasteiger partial charge in [-0.1, -0.05) is 40.5 Å². The van der Waals surface area contributed by atoms with Gasteiger partial charge in [0.15, 0.2) is 0 Å². The first kappa shape index (κ1) is 14.0. The molecule has 1 nitrogen and oxygen atoms in total. The summed E-state index contributed by atoms with van der Waals surface area (Å²) in [5, 5.41) is 0. The van der Waals surface area contributed by atoms with Crippen molar-refractivity contribution in [2.75, 3.05) is 6.54 Å². The molecule has 1 aliphatic rings. The Morgan fingerprint density at radius 3 is 2.19 bits per heavy atom. The van der Waals surface area contributed by atoms with E-state index in [4.69, 9.17) is 5.73 Å². The minimum Gasteiger partial charge on any atom is -0.330 e. The second-order valence-corrected chi connectivity index (χ2v) is 6.18. The number of nitrogens with two attached hydrogens (primary N) is 1. The van der Waals surface area contributed by atoms with Crippen LogP contribution < -0.4 is 5.73 Å². The van der Waals surface area contributed by atoms with E-state index < -0.39 is 0 Å². The van der Waals surface area contributed by atoms with Crippen LogP contribution in [0.3, 0.4) is 0 Å². The lowest BCUT2D eigenvalue weighted by molar-refractivity contribution is 0.174. The lowest BCUT2D eigenvalue weighted by Crippen LogP contribution is -2.25. The Bertz CT molecular complexity index is 196. The Balaban J connectivity index is 2.53. The minimum absolute atomic E-state index is 0.696. The Kier molecular flexibility index (Phi) is 5.30. The smallest absolute Gasteiger partial charge is 0.00514 e. The molecule has 1 fully saturated rings. The fraction of sp³-hybridized carbons (Fsp3) is 1.00. The van der Waals surface area contributed by atoms with Gasteiger partial charge in [0.05, 0.1) is 0 Å². The van der Waals surface area contributed by atoms with Gasteiger partial charge in [-0.2, -0.15) is 0 Å². The predicted molar refractivity (Wildman–Crippen MR) is 72.4 cm³/mol. The van der Waals surface area contributed by atoms with Gasteiger partial charge in [-0.3, -0.25) is 0 Å². The van der Waals surface area contributed by atoms with Crippen LogP contribution in [0.2, 0.25) is 0 Å². The Labute approximate surface area is 102 Å². The highest BCUT2D eigenvalue weighted by molar-refractivity contribution is 4.99. The van der Waals surface area contributed by atoms with Crippen LogP contribution in [0.1, 0.15) is 66.2 Å². The van der Waals surface area contributed by atoms with E-state index in [9.17, 15) is 0 Å². The van der Waals surface area contributed by atoms with Gasteiger partial charge in [-0.15, -0.1) is 0 Å². The monoisotopic (exact) mass is 225 g/mol. The van der Waals surface area contributed by atoms with Crippen LogP contribution in [0.5, 0.6) is 0 Å². The largest absolute Gasteiger partial charge is 0.330 e. The van der Waals surface area contributed by atoms with Crippen molar-refractivity contribution in [1.29, 1.82) is 0 Å². The van der Waals surface area contributed by atoms with Gasteiger partial charge in [-0.05, 0) is 55.4 Å². The molecule has 2 unspecified atom stereocenters. The van der Waals surface area contributed by atoms with Crippen molar-refractivity contribution < 1.29 is 0 Å². The van der Waals surface area contributed by atoms with E-state index in [0.717, 1.165) is 23.8 Å². The van der Waals surface area contributed by atoms with Gasteiger partial charge in [0.1, 0.15) is 0 Å². The van der Waals surface area contributed by atoms with E-state index in [1.54, 1.807) is 0 Å². The number of rotatable bonds is 8. The normalized spacial score (nSPS) is 23.8. The van der Waals surface area contributed by atoms with Gasteiger partial charge < -0.3 is 5.73 Å². The van der Waals surface area contributed by atoms with Crippen molar-refractivity contribution in [3.63, 3.8) is 0 Å². The first-order valence-electron chi connectivity index (χ1n) is 7.29. The lowest BCUT2D eigenvalue weighted by atomic mass is 9.73. The fourth-order valence-corrected chi connectivity index (χ4v) is 3.80. The molecule has 0 saturated heterocycles. The predicted octanol–water partition coefficient (Wildman–Crippen LogP) is 4.21. The molecule has 1 rings (SSSR count). The molecule has 16 heavy (non-hydrogen) atoms. The minimum atomic E-state index is 0.696. The second kappa shape index (κ2) is 6.05. The molecule has 0 radical (unpaired) electrons. The molecule has 96 valence electrons. The maximum Gasteiger partial charge on any atom is -0.00514 e. The topological polar surface area (TPSA) is 26.0 Å². The van der Waals surface area contributed by atoms with Crippen molar-refractivity contribution in [3.8, 4) is 0 Å². The third-order valence-corrected chi connectivity index (χ3v) is 4.73. The molecule has 0 heterocycles. The van der Waals surface area contributed by atoms with E-state index in [1.807, 2.05) is 0 Å². The summed E-state index contributed by atoms with van der Waals surface area (Å²) in [6, 6.07) is 0. The summed E-state index contributed by atoms with van der Waals surface area (Å²) in [5.74, 6) is 2.50. The standard InChI is InChI=1S/C15H31N/c1-5-7-15(8-9-15)14(6-2)13(4)10-12(3)11-16/h12-14H,5-11,16H2,1-4H3/t12-,13?,14?/m0/s1. The van der Waals surface area contributed by atoms with Crippen LogP contribution in [0.4, 0.5) is 0 Å². The molecular formula is C15H31N. The van der Waals surface area contributed by atoms with Crippen LogP contribution in [0.25, 0.3) is 0 Å². The summed E-state index contributed by atoms with van der Waals surface area (Å²) in [4.78, 5) is 0. The summed E-state index contributed by atoms with van der Waals surface area (Å²) >= 11 is 0. The Morgan fingerprint density at radius 1 is 1.19 bits per heavy atom. The molecule has 0 amide bonds. The van der Waals surface area contributed by atoms with E-state index in [-0.39, 0.29) is 0 Å². The molecule has 0 aliphatic heterocycles. The molecular weight excluding hydrogens is 194 g/mol. The van der Waals surface area contributed by atoms with Crippen molar-refractivity contribution in [2.24, 2.45) is 28.9 Å². The lowest BCUT2D eigenvalue weighted by Gasteiger charge is -2.32. The number of hydrogen-bond acceptors (Lipinski definition) is 1. The van der Waals surface area contributed by atoms with E-state index in [1.165, 1.54) is 38.5 Å². The number of hydrogen-bond donors (Lipinski definition) is 1. The maximum atomic E-state index is 5.75. The van der Waals surface area contributed by atoms with E-state index in [0.29, 0.717) is 5.92 Å². The van der Waals surface area contributed by atoms with Crippen molar-refractivity contribution in [3.05, 3.63) is 0 Å². The van der Waals surface area contributed by atoms with Crippen LogP contribution >= 0.6 is 0 Å². The molecule has 1 heteroatoms. The highest BCUT2D eigenvalue weighted by Crippen LogP contribution is 2.59. The molecule has 0 aromatic heterocycles. The molecule has 0 aromatic rings. The SMILES string of the molecule is CCCC1(C(CC)C(C)C[C@H](C)CN)CC1. The molecule has 2 N–H and O–H groups in total. The van der Waals surface area contributed by atoms with Gasteiger partial charge in [0.25, 0.3) is 0 Å². The summed E-state index contributed by atoms with van der Waals surface area (Å²) in [7, 11) is 0. The van der Waals surface area contributed by atoms with Crippen molar-refractivity contribution in [2.45, 2.75) is 66.2 Å². The van der Waals surface area contributed by atoms with Gasteiger partial charge >= 0.3 is 0 Å². The third kappa shape index (κ3) is 3.23. The van der Waals surface area contributed by atoms with Gasteiger partial charge in [0, 0.05) is 0 Å². The molecule has 3 atom stereocenters. The van der Waals surface area contributed by atoms with Gasteiger partial charge in [0.2, 0.25) is 0 Å². The van der Waals surface area contributed by atoms with Crippen LogP contribution in [-0.2, 0) is 0 Å². The highest BCUT2D eigenvalue weighted by atomic mass is 14.6. The van der Waals surface area contributed by atoms with Crippen molar-refractivity contribution >= 4 is 0 Å². The molecule has 0 spiro atoms. The molecule has 0 bridgehead atoms. The van der Waals surface area contributed by atoms with E-state index >= 15 is 0 Å².